The summed E-state index contributed by atoms with van der Waals surface area (Å²) in [6.07, 6.45) is -4.32. The van der Waals surface area contributed by atoms with Crippen LogP contribution in [0.25, 0.3) is 0 Å². The summed E-state index contributed by atoms with van der Waals surface area (Å²) in [5.74, 6) is -1.59. The fourth-order valence-corrected chi connectivity index (χ4v) is 4.12. The number of allylic oxidation sites excluding steroid dienone is 1. The highest BCUT2D eigenvalue weighted by atomic mass is 19.4. The van der Waals surface area contributed by atoms with Crippen molar-refractivity contribution in [2.45, 2.75) is 58.7 Å². The number of hydrogen-bond acceptors (Lipinski definition) is 6. The molecule has 1 unspecified atom stereocenters. The number of methoxy groups -OCH3 is 1. The summed E-state index contributed by atoms with van der Waals surface area (Å²) in [7, 11) is 1.48. The van der Waals surface area contributed by atoms with E-state index in [9.17, 15) is 27.6 Å². The van der Waals surface area contributed by atoms with Crippen molar-refractivity contribution in [1.82, 2.24) is 10.3 Å². The molecule has 1 saturated heterocycles. The van der Waals surface area contributed by atoms with Crippen LogP contribution in [0.5, 0.6) is 5.88 Å². The van der Waals surface area contributed by atoms with E-state index in [0.29, 0.717) is 23.8 Å². The van der Waals surface area contributed by atoms with E-state index < -0.39 is 42.7 Å². The van der Waals surface area contributed by atoms with Gasteiger partial charge in [0.1, 0.15) is 17.6 Å². The van der Waals surface area contributed by atoms with Crippen molar-refractivity contribution in [3.05, 3.63) is 29.5 Å². The SMILES string of the molecule is COc1ccc2c(n1)N1CCC(C)(C)C1=CC(=O)C2NC(=O)[C@H](C)CC(=O)CCC(F)(F)F. The first kappa shape index (κ1) is 24.7. The molecule has 2 atom stereocenters. The van der Waals surface area contributed by atoms with Crippen LogP contribution in [0.15, 0.2) is 23.9 Å². The first-order chi connectivity index (χ1) is 15.3. The number of pyridine rings is 1. The van der Waals surface area contributed by atoms with Gasteiger partial charge in [-0.25, -0.2) is 0 Å². The lowest BCUT2D eigenvalue weighted by Gasteiger charge is -2.26. The van der Waals surface area contributed by atoms with Gasteiger partial charge >= 0.3 is 6.18 Å². The normalized spacial score (nSPS) is 20.3. The minimum Gasteiger partial charge on any atom is -0.481 e. The minimum absolute atomic E-state index is 0.269. The van der Waals surface area contributed by atoms with Crippen molar-refractivity contribution < 1.29 is 32.3 Å². The third-order valence-corrected chi connectivity index (χ3v) is 6.12. The Morgan fingerprint density at radius 1 is 1.33 bits per heavy atom. The van der Waals surface area contributed by atoms with Crippen LogP contribution in [0.4, 0.5) is 19.0 Å². The van der Waals surface area contributed by atoms with Gasteiger partial charge in [-0.2, -0.15) is 18.2 Å². The number of nitrogens with zero attached hydrogens (tertiary/aromatic N) is 2. The lowest BCUT2D eigenvalue weighted by Crippen LogP contribution is -2.37. The Kier molecular flexibility index (Phi) is 6.85. The molecule has 10 heteroatoms. The van der Waals surface area contributed by atoms with Gasteiger partial charge in [0.25, 0.3) is 0 Å². The Balaban J connectivity index is 1.83. The smallest absolute Gasteiger partial charge is 0.389 e. The van der Waals surface area contributed by atoms with E-state index in [4.69, 9.17) is 4.74 Å². The number of carbonyl (C=O) groups is 3. The topological polar surface area (TPSA) is 88.6 Å². The largest absolute Gasteiger partial charge is 0.481 e. The van der Waals surface area contributed by atoms with Gasteiger partial charge in [-0.1, -0.05) is 20.8 Å². The number of fused-ring (bicyclic) bond motifs is 3. The quantitative estimate of drug-likeness (QED) is 0.655. The number of aromatic nitrogens is 1. The molecule has 3 heterocycles. The van der Waals surface area contributed by atoms with Gasteiger partial charge in [0.2, 0.25) is 11.8 Å². The Morgan fingerprint density at radius 3 is 2.67 bits per heavy atom. The first-order valence-electron chi connectivity index (χ1n) is 10.8. The number of rotatable bonds is 7. The Morgan fingerprint density at radius 2 is 2.03 bits per heavy atom. The summed E-state index contributed by atoms with van der Waals surface area (Å²) in [5, 5.41) is 2.68. The molecular formula is C23H28F3N3O4. The fourth-order valence-electron chi connectivity index (χ4n) is 4.12. The number of anilines is 1. The van der Waals surface area contributed by atoms with Crippen LogP contribution >= 0.6 is 0 Å². The highest BCUT2D eigenvalue weighted by molar-refractivity contribution is 6.01. The molecule has 1 fully saturated rings. The molecular weight excluding hydrogens is 439 g/mol. The summed E-state index contributed by atoms with van der Waals surface area (Å²) in [6, 6.07) is 2.24. The summed E-state index contributed by atoms with van der Waals surface area (Å²) in [5.41, 5.74) is 1.02. The van der Waals surface area contributed by atoms with Crippen LogP contribution in [-0.4, -0.2) is 42.3 Å². The van der Waals surface area contributed by atoms with Crippen LogP contribution in [0, 0.1) is 11.3 Å². The number of Topliss-reactive ketones (excluding diaryl/α,β-unsaturated/α-hetero) is 1. The Hall–Kier alpha value is -2.91. The summed E-state index contributed by atoms with van der Waals surface area (Å²) >= 11 is 0. The van der Waals surface area contributed by atoms with Gasteiger partial charge in [-0.15, -0.1) is 0 Å². The lowest BCUT2D eigenvalue weighted by molar-refractivity contribution is -0.144. The molecule has 3 rings (SSSR count). The summed E-state index contributed by atoms with van der Waals surface area (Å²) in [6.45, 7) is 6.15. The van der Waals surface area contributed by atoms with Gasteiger partial charge < -0.3 is 15.0 Å². The third-order valence-electron chi connectivity index (χ3n) is 6.12. The maximum Gasteiger partial charge on any atom is 0.389 e. The predicted octanol–water partition coefficient (Wildman–Crippen LogP) is 3.89. The van der Waals surface area contributed by atoms with Crippen LogP contribution in [0.1, 0.15) is 58.1 Å². The molecule has 0 spiro atoms. The molecule has 1 aromatic rings. The molecule has 1 aromatic heterocycles. The van der Waals surface area contributed by atoms with Gasteiger partial charge in [-0.05, 0) is 12.5 Å². The van der Waals surface area contributed by atoms with Gasteiger partial charge in [-0.3, -0.25) is 14.4 Å². The van der Waals surface area contributed by atoms with E-state index in [1.807, 2.05) is 18.7 Å². The van der Waals surface area contributed by atoms with Crippen molar-refractivity contribution in [3.63, 3.8) is 0 Å². The van der Waals surface area contributed by atoms with E-state index in [-0.39, 0.29) is 17.6 Å². The van der Waals surface area contributed by atoms with Crippen molar-refractivity contribution in [2.24, 2.45) is 11.3 Å². The molecule has 0 bridgehead atoms. The molecule has 2 aliphatic heterocycles. The number of carbonyl (C=O) groups excluding carboxylic acids is 3. The predicted molar refractivity (Wildman–Crippen MR) is 115 cm³/mol. The number of nitrogens with one attached hydrogen (secondary N) is 1. The second kappa shape index (κ2) is 9.15. The van der Waals surface area contributed by atoms with E-state index in [1.165, 1.54) is 20.1 Å². The molecule has 0 aliphatic carbocycles. The highest BCUT2D eigenvalue weighted by Crippen LogP contribution is 2.45. The average molecular weight is 467 g/mol. The number of ether oxygens (including phenoxy) is 1. The van der Waals surface area contributed by atoms with E-state index in [0.717, 1.165) is 12.1 Å². The summed E-state index contributed by atoms with van der Waals surface area (Å²) < 4.78 is 42.3. The van der Waals surface area contributed by atoms with Gasteiger partial charge in [0.15, 0.2) is 5.78 Å². The maximum atomic E-state index is 13.2. The molecule has 0 saturated carbocycles. The van der Waals surface area contributed by atoms with Gasteiger partial charge in [0, 0.05) is 54.1 Å². The van der Waals surface area contributed by atoms with E-state index >= 15 is 0 Å². The minimum atomic E-state index is -4.43. The maximum absolute atomic E-state index is 13.2. The van der Waals surface area contributed by atoms with Crippen LogP contribution in [-0.2, 0) is 14.4 Å². The second-order valence-electron chi connectivity index (χ2n) is 9.18. The molecule has 2 aliphatic rings. The van der Waals surface area contributed by atoms with E-state index in [1.54, 1.807) is 12.1 Å². The fraction of sp³-hybridized carbons (Fsp3) is 0.565. The van der Waals surface area contributed by atoms with Gasteiger partial charge in [0.05, 0.1) is 13.5 Å². The zero-order valence-electron chi connectivity index (χ0n) is 19.1. The zero-order valence-corrected chi connectivity index (χ0v) is 19.1. The number of alkyl halides is 3. The van der Waals surface area contributed by atoms with E-state index in [2.05, 4.69) is 10.3 Å². The van der Waals surface area contributed by atoms with Crippen molar-refractivity contribution in [2.75, 3.05) is 18.6 Å². The van der Waals surface area contributed by atoms with Crippen molar-refractivity contribution in [3.8, 4) is 5.88 Å². The second-order valence-corrected chi connectivity index (χ2v) is 9.18. The van der Waals surface area contributed by atoms with Crippen molar-refractivity contribution >= 4 is 23.3 Å². The first-order valence-corrected chi connectivity index (χ1v) is 10.8. The molecule has 33 heavy (non-hydrogen) atoms. The molecule has 180 valence electrons. The highest BCUT2D eigenvalue weighted by Gasteiger charge is 2.42. The third kappa shape index (κ3) is 5.54. The zero-order chi connectivity index (χ0) is 24.6. The standard InChI is InChI=1S/C23H28F3N3O4/c1-13(11-14(30)7-8-23(24,25)26)21(32)28-19-15-5-6-18(33-4)27-20(15)29-10-9-22(2,3)17(29)12-16(19)31/h5-6,12-13,19H,7-11H2,1-4H3,(H,28,32)/t13-,19?/m1/s1. The molecule has 0 aromatic carbocycles. The number of halogens is 3. The van der Waals surface area contributed by atoms with Crippen LogP contribution in [0.3, 0.4) is 0 Å². The average Bonchev–Trinajstić information content (AvgIpc) is 2.96. The molecule has 0 radical (unpaired) electrons. The number of amides is 1. The number of ketones is 2. The Labute approximate surface area is 190 Å². The number of hydrogen-bond donors (Lipinski definition) is 1. The van der Waals surface area contributed by atoms with Crippen molar-refractivity contribution in [1.29, 1.82) is 0 Å². The van der Waals surface area contributed by atoms with Crippen LogP contribution in [0.2, 0.25) is 0 Å². The molecule has 1 N–H and O–H groups in total. The Bertz CT molecular complexity index is 988. The summed E-state index contributed by atoms with van der Waals surface area (Å²) in [4.78, 5) is 44.4. The lowest BCUT2D eigenvalue weighted by atomic mass is 9.88. The molecule has 1 amide bonds. The monoisotopic (exact) mass is 467 g/mol. The molecule has 7 nitrogen and oxygen atoms in total. The van der Waals surface area contributed by atoms with Crippen LogP contribution < -0.4 is 15.0 Å².